The number of benzene rings is 1. The van der Waals surface area contributed by atoms with Crippen molar-refractivity contribution in [3.05, 3.63) is 35.8 Å². The predicted octanol–water partition coefficient (Wildman–Crippen LogP) is 2.01. The number of halogens is 1. The number of aromatic nitrogens is 1. The number of H-pyrrole nitrogens is 1. The van der Waals surface area contributed by atoms with Crippen molar-refractivity contribution in [3.63, 3.8) is 0 Å². The number of aromatic carboxylic acids is 1. The predicted molar refractivity (Wildman–Crippen MR) is 45.2 cm³/mol. The molecular formula is C9H6FNO2. The Morgan fingerprint density at radius 1 is 1.46 bits per heavy atom. The average molecular weight is 179 g/mol. The van der Waals surface area contributed by atoms with E-state index in [2.05, 4.69) is 4.98 Å². The zero-order valence-corrected chi connectivity index (χ0v) is 6.54. The molecule has 3 nitrogen and oxygen atoms in total. The number of fused-ring (bicyclic) bond motifs is 1. The number of hydrogen-bond donors (Lipinski definition) is 2. The van der Waals surface area contributed by atoms with Crippen LogP contribution in [0.4, 0.5) is 4.39 Å². The fraction of sp³-hybridized carbons (Fsp3) is 0. The number of carbonyl (C=O) groups is 1. The maximum atomic E-state index is 13.0. The molecule has 2 rings (SSSR count). The van der Waals surface area contributed by atoms with Gasteiger partial charge in [-0.05, 0) is 18.2 Å². The highest BCUT2D eigenvalue weighted by Crippen LogP contribution is 2.17. The van der Waals surface area contributed by atoms with Gasteiger partial charge in [-0.25, -0.2) is 9.18 Å². The molecule has 0 spiro atoms. The Bertz CT molecular complexity index is 475. The van der Waals surface area contributed by atoms with Crippen molar-refractivity contribution in [2.24, 2.45) is 0 Å². The van der Waals surface area contributed by atoms with Gasteiger partial charge in [0, 0.05) is 17.1 Å². The van der Waals surface area contributed by atoms with Crippen LogP contribution in [0.3, 0.4) is 0 Å². The Hall–Kier alpha value is -1.84. The van der Waals surface area contributed by atoms with Gasteiger partial charge < -0.3 is 10.1 Å². The quantitative estimate of drug-likeness (QED) is 0.703. The van der Waals surface area contributed by atoms with Gasteiger partial charge in [0.05, 0.1) is 5.56 Å². The van der Waals surface area contributed by atoms with Crippen LogP contribution in [-0.4, -0.2) is 16.1 Å². The number of carboxylic acids is 1. The van der Waals surface area contributed by atoms with E-state index in [1.54, 1.807) is 12.3 Å². The molecule has 1 aromatic heterocycles. The molecule has 0 aliphatic heterocycles. The molecule has 1 heterocycles. The second kappa shape index (κ2) is 2.58. The molecule has 0 atom stereocenters. The summed E-state index contributed by atoms with van der Waals surface area (Å²) in [4.78, 5) is 13.3. The molecule has 0 fully saturated rings. The van der Waals surface area contributed by atoms with E-state index in [-0.39, 0.29) is 5.56 Å². The molecule has 13 heavy (non-hydrogen) atoms. The zero-order chi connectivity index (χ0) is 9.42. The van der Waals surface area contributed by atoms with Crippen LogP contribution in [0, 0.1) is 5.82 Å². The van der Waals surface area contributed by atoms with Gasteiger partial charge in [0.1, 0.15) is 5.82 Å². The van der Waals surface area contributed by atoms with Crippen molar-refractivity contribution in [2.75, 3.05) is 0 Å². The summed E-state index contributed by atoms with van der Waals surface area (Å²) in [5, 5.41) is 9.31. The summed E-state index contributed by atoms with van der Waals surface area (Å²) in [5.41, 5.74) is 0.301. The third kappa shape index (κ3) is 1.16. The SMILES string of the molecule is O=C(O)c1cc2cc[nH]c2cc1F. The molecule has 0 aliphatic carbocycles. The average Bonchev–Trinajstić information content (AvgIpc) is 2.48. The third-order valence-electron chi connectivity index (χ3n) is 1.87. The van der Waals surface area contributed by atoms with Gasteiger partial charge in [-0.15, -0.1) is 0 Å². The van der Waals surface area contributed by atoms with Crippen LogP contribution in [0.25, 0.3) is 10.9 Å². The van der Waals surface area contributed by atoms with E-state index >= 15 is 0 Å². The second-order valence-electron chi connectivity index (χ2n) is 2.70. The summed E-state index contributed by atoms with van der Waals surface area (Å²) in [6.45, 7) is 0. The van der Waals surface area contributed by atoms with E-state index in [0.29, 0.717) is 10.9 Å². The van der Waals surface area contributed by atoms with Crippen LogP contribution in [0.1, 0.15) is 10.4 Å². The molecule has 0 saturated carbocycles. The molecule has 0 radical (unpaired) electrons. The van der Waals surface area contributed by atoms with Crippen molar-refractivity contribution in [1.29, 1.82) is 0 Å². The van der Waals surface area contributed by atoms with Crippen LogP contribution < -0.4 is 0 Å². The normalized spacial score (nSPS) is 10.5. The van der Waals surface area contributed by atoms with Crippen LogP contribution in [-0.2, 0) is 0 Å². The Kier molecular flexibility index (Phi) is 1.55. The third-order valence-corrected chi connectivity index (χ3v) is 1.87. The number of rotatable bonds is 1. The summed E-state index contributed by atoms with van der Waals surface area (Å²) in [7, 11) is 0. The van der Waals surface area contributed by atoms with Crippen LogP contribution in [0.2, 0.25) is 0 Å². The summed E-state index contributed by atoms with van der Waals surface area (Å²) < 4.78 is 13.0. The lowest BCUT2D eigenvalue weighted by molar-refractivity contribution is 0.0692. The van der Waals surface area contributed by atoms with Crippen LogP contribution >= 0.6 is 0 Å². The smallest absolute Gasteiger partial charge is 0.338 e. The van der Waals surface area contributed by atoms with Crippen molar-refractivity contribution < 1.29 is 14.3 Å². The summed E-state index contributed by atoms with van der Waals surface area (Å²) in [5.74, 6) is -1.97. The molecular weight excluding hydrogens is 173 g/mol. The Balaban J connectivity index is 2.76. The van der Waals surface area contributed by atoms with Crippen molar-refractivity contribution in [3.8, 4) is 0 Å². The van der Waals surface area contributed by atoms with Gasteiger partial charge in [0.2, 0.25) is 0 Å². The lowest BCUT2D eigenvalue weighted by Gasteiger charge is -1.96. The topological polar surface area (TPSA) is 53.1 Å². The van der Waals surface area contributed by atoms with E-state index < -0.39 is 11.8 Å². The van der Waals surface area contributed by atoms with Gasteiger partial charge in [-0.1, -0.05) is 0 Å². The highest BCUT2D eigenvalue weighted by atomic mass is 19.1. The molecule has 4 heteroatoms. The standard InChI is InChI=1S/C9H6FNO2/c10-7-4-8-5(1-2-11-8)3-6(7)9(12)13/h1-4,11H,(H,12,13). The van der Waals surface area contributed by atoms with E-state index in [0.717, 1.165) is 0 Å². The number of nitrogens with one attached hydrogen (secondary N) is 1. The molecule has 0 unspecified atom stereocenters. The van der Waals surface area contributed by atoms with Crippen LogP contribution in [0.5, 0.6) is 0 Å². The van der Waals surface area contributed by atoms with Gasteiger partial charge in [-0.3, -0.25) is 0 Å². The fourth-order valence-electron chi connectivity index (χ4n) is 1.24. The van der Waals surface area contributed by atoms with Gasteiger partial charge >= 0.3 is 5.97 Å². The summed E-state index contributed by atoms with van der Waals surface area (Å²) >= 11 is 0. The number of carboxylic acid groups (broad SMARTS) is 1. The first kappa shape index (κ1) is 7.79. The van der Waals surface area contributed by atoms with Crippen LogP contribution in [0.15, 0.2) is 24.4 Å². The monoisotopic (exact) mass is 179 g/mol. The molecule has 0 amide bonds. The fourth-order valence-corrected chi connectivity index (χ4v) is 1.24. The first-order chi connectivity index (χ1) is 6.18. The molecule has 66 valence electrons. The molecule has 0 aliphatic rings. The maximum absolute atomic E-state index is 13.0. The minimum atomic E-state index is -1.25. The molecule has 2 aromatic rings. The number of hydrogen-bond acceptors (Lipinski definition) is 1. The first-order valence-corrected chi connectivity index (χ1v) is 3.68. The lowest BCUT2D eigenvalue weighted by atomic mass is 10.1. The van der Waals surface area contributed by atoms with Crippen molar-refractivity contribution >= 4 is 16.9 Å². The van der Waals surface area contributed by atoms with Crippen molar-refractivity contribution in [1.82, 2.24) is 4.98 Å². The van der Waals surface area contributed by atoms with Gasteiger partial charge in [0.25, 0.3) is 0 Å². The number of aromatic amines is 1. The highest BCUT2D eigenvalue weighted by Gasteiger charge is 2.11. The van der Waals surface area contributed by atoms with Gasteiger partial charge in [-0.2, -0.15) is 0 Å². The summed E-state index contributed by atoms with van der Waals surface area (Å²) in [6, 6.07) is 4.18. The molecule has 1 aromatic carbocycles. The van der Waals surface area contributed by atoms with E-state index in [1.165, 1.54) is 12.1 Å². The minimum absolute atomic E-state index is 0.299. The van der Waals surface area contributed by atoms with Gasteiger partial charge in [0.15, 0.2) is 0 Å². The zero-order valence-electron chi connectivity index (χ0n) is 6.54. The second-order valence-corrected chi connectivity index (χ2v) is 2.70. The van der Waals surface area contributed by atoms with E-state index in [1.807, 2.05) is 0 Å². The highest BCUT2D eigenvalue weighted by molar-refractivity contribution is 5.93. The minimum Gasteiger partial charge on any atom is -0.478 e. The molecule has 2 N–H and O–H groups in total. The Labute approximate surface area is 72.8 Å². The van der Waals surface area contributed by atoms with E-state index in [4.69, 9.17) is 5.11 Å². The Morgan fingerprint density at radius 3 is 2.92 bits per heavy atom. The van der Waals surface area contributed by atoms with Crippen molar-refractivity contribution in [2.45, 2.75) is 0 Å². The Morgan fingerprint density at radius 2 is 2.23 bits per heavy atom. The maximum Gasteiger partial charge on any atom is 0.338 e. The molecule has 0 saturated heterocycles. The first-order valence-electron chi connectivity index (χ1n) is 3.68. The summed E-state index contributed by atoms with van der Waals surface area (Å²) in [6.07, 6.45) is 1.63. The largest absolute Gasteiger partial charge is 0.478 e. The molecule has 0 bridgehead atoms. The van der Waals surface area contributed by atoms with E-state index in [9.17, 15) is 9.18 Å². The lowest BCUT2D eigenvalue weighted by Crippen LogP contribution is -1.99.